The summed E-state index contributed by atoms with van der Waals surface area (Å²) in [5, 5.41) is 6.06. The summed E-state index contributed by atoms with van der Waals surface area (Å²) in [5.41, 5.74) is 10.4. The molecule has 7 heteroatoms. The third-order valence-electron chi connectivity index (χ3n) is 1.83. The number of hydrogen-bond donors (Lipinski definition) is 4. The molecule has 0 atom stereocenters. The van der Waals surface area contributed by atoms with E-state index in [1.165, 1.54) is 6.07 Å². The van der Waals surface area contributed by atoms with E-state index in [9.17, 15) is 8.42 Å². The van der Waals surface area contributed by atoms with Crippen LogP contribution in [0.1, 0.15) is 11.1 Å². The van der Waals surface area contributed by atoms with Crippen molar-refractivity contribution in [3.8, 4) is 0 Å². The molecule has 1 aromatic rings. The van der Waals surface area contributed by atoms with Crippen LogP contribution in [0.3, 0.4) is 0 Å². The average molecular weight is 245 g/mol. The molecule has 6 N–H and O–H groups in total. The molecular weight excluding hydrogens is 230 g/mol. The van der Waals surface area contributed by atoms with E-state index in [1.54, 1.807) is 26.0 Å². The van der Waals surface area contributed by atoms with E-state index in [1.807, 2.05) is 0 Å². The first-order valence-electron chi connectivity index (χ1n) is 4.29. The van der Waals surface area contributed by atoms with Crippen molar-refractivity contribution in [1.29, 1.82) is 5.41 Å². The third-order valence-corrected chi connectivity index (χ3v) is 2.83. The van der Waals surface area contributed by atoms with Crippen molar-refractivity contribution in [2.75, 3.05) is 0 Å². The zero-order chi connectivity index (χ0) is 12.9. The molecule has 0 aromatic heterocycles. The lowest BCUT2D eigenvalue weighted by Crippen LogP contribution is -2.20. The van der Waals surface area contributed by atoms with Crippen LogP contribution in [0.15, 0.2) is 23.1 Å². The smallest absolute Gasteiger partial charge is 0.294 e. The molecular formula is C9H15N3O3S. The first-order chi connectivity index (χ1) is 7.16. The van der Waals surface area contributed by atoms with Gasteiger partial charge < -0.3 is 11.5 Å². The minimum Gasteiger partial charge on any atom is -0.370 e. The maximum Gasteiger partial charge on any atom is 0.294 e. The minimum absolute atomic E-state index is 0.0116. The normalized spacial score (nSPS) is 10.2. The first-order valence-corrected chi connectivity index (χ1v) is 5.73. The van der Waals surface area contributed by atoms with Gasteiger partial charge in [-0.05, 0) is 31.0 Å². The summed E-state index contributed by atoms with van der Waals surface area (Å²) in [5.74, 6) is -0.333. The van der Waals surface area contributed by atoms with E-state index in [0.29, 0.717) is 5.56 Å². The van der Waals surface area contributed by atoms with Gasteiger partial charge in [-0.15, -0.1) is 0 Å². The van der Waals surface area contributed by atoms with Crippen LogP contribution in [-0.4, -0.2) is 18.9 Å². The van der Waals surface area contributed by atoms with Crippen molar-refractivity contribution in [3.63, 3.8) is 0 Å². The van der Waals surface area contributed by atoms with Crippen LogP contribution in [0.2, 0.25) is 0 Å². The molecule has 0 unspecified atom stereocenters. The standard InChI is InChI=1S/C8H10O3S.CH5N3/c1-6-4-3-5-8(7(6)2)12(9,10)11;2-1(3)4/h3-5H,1-2H3,(H,9,10,11);(H5,2,3,4). The highest BCUT2D eigenvalue weighted by Gasteiger charge is 2.12. The highest BCUT2D eigenvalue weighted by atomic mass is 32.2. The van der Waals surface area contributed by atoms with Gasteiger partial charge in [0.2, 0.25) is 0 Å². The van der Waals surface area contributed by atoms with Crippen LogP contribution in [0, 0.1) is 19.3 Å². The van der Waals surface area contributed by atoms with Crippen molar-refractivity contribution in [2.45, 2.75) is 18.7 Å². The Labute approximate surface area is 94.5 Å². The molecule has 90 valence electrons. The Morgan fingerprint density at radius 1 is 1.31 bits per heavy atom. The van der Waals surface area contributed by atoms with Gasteiger partial charge in [0.1, 0.15) is 0 Å². The highest BCUT2D eigenvalue weighted by molar-refractivity contribution is 7.85. The summed E-state index contributed by atoms with van der Waals surface area (Å²) in [4.78, 5) is -0.0116. The summed E-state index contributed by atoms with van der Waals surface area (Å²) in [6, 6.07) is 4.78. The Kier molecular flexibility index (Phi) is 4.93. The molecule has 0 spiro atoms. The van der Waals surface area contributed by atoms with E-state index in [2.05, 4.69) is 11.5 Å². The van der Waals surface area contributed by atoms with E-state index in [4.69, 9.17) is 9.96 Å². The lowest BCUT2D eigenvalue weighted by Gasteiger charge is -2.03. The predicted octanol–water partition coefficient (Wildman–Crippen LogP) is 0.389. The Hall–Kier alpha value is -1.60. The Morgan fingerprint density at radius 2 is 1.75 bits per heavy atom. The van der Waals surface area contributed by atoms with Gasteiger partial charge in [0.15, 0.2) is 5.96 Å². The van der Waals surface area contributed by atoms with Crippen molar-refractivity contribution in [2.24, 2.45) is 11.5 Å². The fourth-order valence-electron chi connectivity index (χ4n) is 1.00. The highest BCUT2D eigenvalue weighted by Crippen LogP contribution is 2.17. The summed E-state index contributed by atoms with van der Waals surface area (Å²) in [6.45, 7) is 3.46. The quantitative estimate of drug-likeness (QED) is 0.323. The van der Waals surface area contributed by atoms with Crippen molar-refractivity contribution in [3.05, 3.63) is 29.3 Å². The fourth-order valence-corrected chi connectivity index (χ4v) is 1.80. The molecule has 1 rings (SSSR count). The van der Waals surface area contributed by atoms with Gasteiger partial charge in [-0.1, -0.05) is 12.1 Å². The topological polar surface area (TPSA) is 130 Å². The van der Waals surface area contributed by atoms with Gasteiger partial charge in [-0.25, -0.2) is 0 Å². The van der Waals surface area contributed by atoms with E-state index >= 15 is 0 Å². The summed E-state index contributed by atoms with van der Waals surface area (Å²) >= 11 is 0. The van der Waals surface area contributed by atoms with Crippen LogP contribution in [0.25, 0.3) is 0 Å². The van der Waals surface area contributed by atoms with Crippen LogP contribution in [0.5, 0.6) is 0 Å². The molecule has 16 heavy (non-hydrogen) atoms. The maximum absolute atomic E-state index is 10.8. The average Bonchev–Trinajstić information content (AvgIpc) is 2.06. The second-order valence-corrected chi connectivity index (χ2v) is 4.52. The molecule has 0 saturated carbocycles. The summed E-state index contributed by atoms with van der Waals surface area (Å²) in [7, 11) is -4.06. The van der Waals surface area contributed by atoms with Gasteiger partial charge >= 0.3 is 0 Å². The van der Waals surface area contributed by atoms with Crippen LogP contribution < -0.4 is 11.5 Å². The third kappa shape index (κ3) is 4.76. The van der Waals surface area contributed by atoms with Crippen LogP contribution >= 0.6 is 0 Å². The molecule has 0 bridgehead atoms. The number of rotatable bonds is 1. The van der Waals surface area contributed by atoms with Crippen molar-refractivity contribution < 1.29 is 13.0 Å². The SMILES string of the molecule is Cc1cccc(S(=O)(=O)O)c1C.N=C(N)N. The maximum atomic E-state index is 10.8. The van der Waals surface area contributed by atoms with E-state index in [0.717, 1.165) is 5.56 Å². The molecule has 1 aromatic carbocycles. The molecule has 0 amide bonds. The number of benzene rings is 1. The van der Waals surface area contributed by atoms with Gasteiger partial charge in [0, 0.05) is 0 Å². The number of aryl methyl sites for hydroxylation is 1. The number of nitrogens with one attached hydrogen (secondary N) is 1. The van der Waals surface area contributed by atoms with Crippen molar-refractivity contribution >= 4 is 16.1 Å². The monoisotopic (exact) mass is 245 g/mol. The zero-order valence-electron chi connectivity index (χ0n) is 9.06. The molecule has 0 heterocycles. The predicted molar refractivity (Wildman–Crippen MR) is 61.8 cm³/mol. The van der Waals surface area contributed by atoms with E-state index < -0.39 is 10.1 Å². The molecule has 0 saturated heterocycles. The molecule has 6 nitrogen and oxygen atoms in total. The molecule has 0 radical (unpaired) electrons. The van der Waals surface area contributed by atoms with Gasteiger partial charge in [0.05, 0.1) is 4.90 Å². The molecule has 0 aliphatic carbocycles. The lowest BCUT2D eigenvalue weighted by molar-refractivity contribution is 0.482. The Balaban J connectivity index is 0.000000487. The number of hydrogen-bond acceptors (Lipinski definition) is 3. The second kappa shape index (κ2) is 5.47. The Bertz CT molecular complexity index is 479. The van der Waals surface area contributed by atoms with Crippen molar-refractivity contribution in [1.82, 2.24) is 0 Å². The zero-order valence-corrected chi connectivity index (χ0v) is 9.88. The molecule has 0 aliphatic rings. The number of nitrogens with two attached hydrogens (primary N) is 2. The van der Waals surface area contributed by atoms with Gasteiger partial charge in [-0.2, -0.15) is 8.42 Å². The minimum atomic E-state index is -4.06. The van der Waals surface area contributed by atoms with Crippen LogP contribution in [-0.2, 0) is 10.1 Å². The summed E-state index contributed by atoms with van der Waals surface area (Å²) < 4.78 is 30.3. The number of guanidine groups is 1. The molecule has 0 aliphatic heterocycles. The van der Waals surface area contributed by atoms with Gasteiger partial charge in [-0.3, -0.25) is 9.96 Å². The van der Waals surface area contributed by atoms with Gasteiger partial charge in [0.25, 0.3) is 10.1 Å². The first kappa shape index (κ1) is 14.4. The Morgan fingerprint density at radius 3 is 2.06 bits per heavy atom. The fraction of sp³-hybridized carbons (Fsp3) is 0.222. The van der Waals surface area contributed by atoms with Crippen LogP contribution in [0.4, 0.5) is 0 Å². The summed E-state index contributed by atoms with van der Waals surface area (Å²) in [6.07, 6.45) is 0. The van der Waals surface area contributed by atoms with E-state index in [-0.39, 0.29) is 10.9 Å². The lowest BCUT2D eigenvalue weighted by atomic mass is 10.1. The largest absolute Gasteiger partial charge is 0.370 e. The molecule has 0 fully saturated rings. The second-order valence-electron chi connectivity index (χ2n) is 3.13.